The van der Waals surface area contributed by atoms with Gasteiger partial charge in [0.1, 0.15) is 11.5 Å². The second kappa shape index (κ2) is 9.64. The van der Waals surface area contributed by atoms with Gasteiger partial charge in [-0.05, 0) is 34.9 Å². The molecule has 1 aliphatic heterocycles. The van der Waals surface area contributed by atoms with Gasteiger partial charge < -0.3 is 17.6 Å². The number of halogens is 3. The standard InChI is InChI=1S/C18H15Cl2FN2O.2H3N/c19-9-14(20)10-22-18(24)17-8-13-2-1-12(7-16(13)23-17)11-3-5-15(21)6-4-11;;/h1-7,14H,8-10H2,(H,22,24);2*1H3/t14-;;/m0../s1. The highest BCUT2D eigenvalue weighted by atomic mass is 35.5. The van der Waals surface area contributed by atoms with E-state index >= 15 is 0 Å². The molecule has 0 radical (unpaired) electrons. The molecule has 26 heavy (non-hydrogen) atoms. The van der Waals surface area contributed by atoms with Crippen LogP contribution in [0.2, 0.25) is 0 Å². The van der Waals surface area contributed by atoms with Gasteiger partial charge in [-0.3, -0.25) is 4.79 Å². The Balaban J connectivity index is 0.00000169. The van der Waals surface area contributed by atoms with Crippen LogP contribution in [0.4, 0.5) is 10.1 Å². The summed E-state index contributed by atoms with van der Waals surface area (Å²) in [6, 6.07) is 12.1. The third-order valence-electron chi connectivity index (χ3n) is 3.79. The van der Waals surface area contributed by atoms with Crippen molar-refractivity contribution in [3.8, 4) is 11.1 Å². The minimum absolute atomic E-state index is 0. The van der Waals surface area contributed by atoms with Crippen LogP contribution < -0.4 is 17.6 Å². The SMILES string of the molecule is N.N.O=C(NC[C@@H](Cl)CCl)C1=Nc2cc(-c3ccc(F)cc3)ccc2C1. The van der Waals surface area contributed by atoms with E-state index in [1.165, 1.54) is 12.1 Å². The number of hydrogen-bond acceptors (Lipinski definition) is 4. The third-order valence-corrected chi connectivity index (χ3v) is 4.63. The highest BCUT2D eigenvalue weighted by Crippen LogP contribution is 2.32. The Morgan fingerprint density at radius 2 is 1.81 bits per heavy atom. The molecule has 0 unspecified atom stereocenters. The highest BCUT2D eigenvalue weighted by Gasteiger charge is 2.21. The van der Waals surface area contributed by atoms with Gasteiger partial charge in [0.2, 0.25) is 0 Å². The lowest BCUT2D eigenvalue weighted by Crippen LogP contribution is -2.35. The molecule has 3 rings (SSSR count). The average Bonchev–Trinajstić information content (AvgIpc) is 3.03. The second-order valence-electron chi connectivity index (χ2n) is 5.55. The summed E-state index contributed by atoms with van der Waals surface area (Å²) in [5, 5.41) is 2.43. The first-order valence-corrected chi connectivity index (χ1v) is 8.48. The number of fused-ring (bicyclic) bond motifs is 1. The number of carbonyl (C=O) groups is 1. The molecule has 0 saturated heterocycles. The van der Waals surface area contributed by atoms with Gasteiger partial charge in [0.25, 0.3) is 5.91 Å². The number of amides is 1. The third kappa shape index (κ3) is 5.02. The number of nitrogens with one attached hydrogen (secondary N) is 1. The summed E-state index contributed by atoms with van der Waals surface area (Å²) in [6.45, 7) is 0.306. The maximum Gasteiger partial charge on any atom is 0.266 e. The fourth-order valence-corrected chi connectivity index (χ4v) is 2.68. The predicted molar refractivity (Wildman–Crippen MR) is 106 cm³/mol. The van der Waals surface area contributed by atoms with Crippen molar-refractivity contribution in [3.63, 3.8) is 0 Å². The predicted octanol–water partition coefficient (Wildman–Crippen LogP) is 4.41. The maximum atomic E-state index is 13.0. The fourth-order valence-electron chi connectivity index (χ4n) is 2.50. The molecule has 1 amide bonds. The summed E-state index contributed by atoms with van der Waals surface area (Å²) in [5.74, 6) is -0.230. The van der Waals surface area contributed by atoms with Gasteiger partial charge in [-0.1, -0.05) is 24.3 Å². The molecule has 0 saturated carbocycles. The lowest BCUT2D eigenvalue weighted by Gasteiger charge is -2.07. The lowest BCUT2D eigenvalue weighted by atomic mass is 10.0. The number of hydrogen-bond donors (Lipinski definition) is 3. The van der Waals surface area contributed by atoms with Crippen LogP contribution in [0.15, 0.2) is 47.5 Å². The van der Waals surface area contributed by atoms with E-state index in [2.05, 4.69) is 10.3 Å². The number of alkyl halides is 2. The van der Waals surface area contributed by atoms with Crippen molar-refractivity contribution in [1.29, 1.82) is 0 Å². The van der Waals surface area contributed by atoms with E-state index < -0.39 is 0 Å². The quantitative estimate of drug-likeness (QED) is 0.648. The van der Waals surface area contributed by atoms with Crippen LogP contribution in [-0.4, -0.2) is 29.4 Å². The van der Waals surface area contributed by atoms with E-state index in [0.717, 1.165) is 22.4 Å². The Kier molecular flexibility index (Phi) is 8.17. The zero-order chi connectivity index (χ0) is 17.1. The molecule has 8 heteroatoms. The summed E-state index contributed by atoms with van der Waals surface area (Å²) >= 11 is 11.5. The molecule has 0 aliphatic carbocycles. The van der Waals surface area contributed by atoms with Crippen molar-refractivity contribution in [3.05, 3.63) is 53.8 Å². The van der Waals surface area contributed by atoms with E-state index in [1.54, 1.807) is 12.1 Å². The van der Waals surface area contributed by atoms with Crippen LogP contribution in [0.3, 0.4) is 0 Å². The first kappa shape index (κ1) is 22.1. The highest BCUT2D eigenvalue weighted by molar-refractivity contribution is 6.41. The van der Waals surface area contributed by atoms with Crippen molar-refractivity contribution < 1.29 is 9.18 Å². The summed E-state index contributed by atoms with van der Waals surface area (Å²) < 4.78 is 13.0. The van der Waals surface area contributed by atoms with E-state index in [9.17, 15) is 9.18 Å². The maximum absolute atomic E-state index is 13.0. The monoisotopic (exact) mass is 398 g/mol. The van der Waals surface area contributed by atoms with Crippen molar-refractivity contribution in [2.24, 2.45) is 4.99 Å². The van der Waals surface area contributed by atoms with Gasteiger partial charge in [0.15, 0.2) is 0 Å². The number of rotatable bonds is 5. The molecule has 2 aromatic carbocycles. The van der Waals surface area contributed by atoms with Crippen LogP contribution in [-0.2, 0) is 11.2 Å². The van der Waals surface area contributed by atoms with Gasteiger partial charge in [-0.2, -0.15) is 0 Å². The van der Waals surface area contributed by atoms with E-state index in [4.69, 9.17) is 23.2 Å². The topological polar surface area (TPSA) is 111 Å². The number of benzene rings is 2. The van der Waals surface area contributed by atoms with Crippen LogP contribution in [0.25, 0.3) is 11.1 Å². The Morgan fingerprint density at radius 3 is 2.46 bits per heavy atom. The Bertz CT molecular complexity index is 796. The molecule has 0 fully saturated rings. The van der Waals surface area contributed by atoms with Crippen LogP contribution in [0, 0.1) is 5.82 Å². The van der Waals surface area contributed by atoms with Gasteiger partial charge in [-0.25, -0.2) is 9.38 Å². The van der Waals surface area contributed by atoms with Gasteiger partial charge >= 0.3 is 0 Å². The summed E-state index contributed by atoms with van der Waals surface area (Å²) in [7, 11) is 0. The molecular formula is C18H21Cl2FN4O. The number of nitrogens with zero attached hydrogens (tertiary/aromatic N) is 1. The van der Waals surface area contributed by atoms with E-state index in [-0.39, 0.29) is 35.3 Å². The summed E-state index contributed by atoms with van der Waals surface area (Å²) in [4.78, 5) is 16.6. The number of carbonyl (C=O) groups excluding carboxylic acids is 1. The Labute approximate surface area is 161 Å². The molecule has 2 aromatic rings. The Morgan fingerprint density at radius 1 is 1.15 bits per heavy atom. The summed E-state index contributed by atoms with van der Waals surface area (Å²) in [6.07, 6.45) is 0.485. The first-order chi connectivity index (χ1) is 11.6. The smallest absolute Gasteiger partial charge is 0.266 e. The molecule has 1 atom stereocenters. The van der Waals surface area contributed by atoms with Crippen LogP contribution >= 0.6 is 23.2 Å². The zero-order valence-electron chi connectivity index (χ0n) is 14.1. The minimum Gasteiger partial charge on any atom is -0.349 e. The molecule has 140 valence electrons. The van der Waals surface area contributed by atoms with Crippen LogP contribution in [0.5, 0.6) is 0 Å². The first-order valence-electron chi connectivity index (χ1n) is 7.51. The molecular weight excluding hydrogens is 378 g/mol. The van der Waals surface area contributed by atoms with Crippen molar-refractivity contribution >= 4 is 40.5 Å². The van der Waals surface area contributed by atoms with Gasteiger partial charge in [0.05, 0.1) is 11.1 Å². The molecule has 0 aromatic heterocycles. The van der Waals surface area contributed by atoms with E-state index in [1.807, 2.05) is 18.2 Å². The van der Waals surface area contributed by atoms with Crippen molar-refractivity contribution in [2.45, 2.75) is 11.8 Å². The second-order valence-corrected chi connectivity index (χ2v) is 6.47. The molecule has 5 nitrogen and oxygen atoms in total. The Hall–Kier alpha value is -1.99. The average molecular weight is 399 g/mol. The van der Waals surface area contributed by atoms with Gasteiger partial charge in [0, 0.05) is 18.8 Å². The number of aliphatic imine (C=N–C) groups is 1. The van der Waals surface area contributed by atoms with Crippen molar-refractivity contribution in [1.82, 2.24) is 17.6 Å². The molecule has 0 spiro atoms. The summed E-state index contributed by atoms with van der Waals surface area (Å²) in [5.41, 5.74) is 4.05. The lowest BCUT2D eigenvalue weighted by molar-refractivity contribution is -0.114. The molecule has 0 bridgehead atoms. The largest absolute Gasteiger partial charge is 0.349 e. The zero-order valence-corrected chi connectivity index (χ0v) is 15.7. The van der Waals surface area contributed by atoms with Crippen molar-refractivity contribution in [2.75, 3.05) is 12.4 Å². The van der Waals surface area contributed by atoms with E-state index in [0.29, 0.717) is 18.7 Å². The van der Waals surface area contributed by atoms with Gasteiger partial charge in [-0.15, -0.1) is 23.2 Å². The van der Waals surface area contributed by atoms with Crippen LogP contribution in [0.1, 0.15) is 5.56 Å². The fraction of sp³-hybridized carbons (Fsp3) is 0.222. The normalized spacial score (nSPS) is 13.0. The molecule has 1 aliphatic rings. The molecule has 7 N–H and O–H groups in total. The molecule has 1 heterocycles. The minimum atomic E-state index is -0.301.